The lowest BCUT2D eigenvalue weighted by Crippen LogP contribution is -2.12. The summed E-state index contributed by atoms with van der Waals surface area (Å²) in [6, 6.07) is 5.32. The second-order valence-electron chi connectivity index (χ2n) is 3.86. The minimum atomic E-state index is -0.603. The summed E-state index contributed by atoms with van der Waals surface area (Å²) in [5.41, 5.74) is 5.41. The van der Waals surface area contributed by atoms with Crippen molar-refractivity contribution < 1.29 is 9.66 Å². The van der Waals surface area contributed by atoms with Crippen LogP contribution in [0.4, 0.5) is 5.69 Å². The van der Waals surface area contributed by atoms with Crippen LogP contribution < -0.4 is 10.5 Å². The fraction of sp³-hybridized carbons (Fsp3) is 0. The van der Waals surface area contributed by atoms with E-state index >= 15 is 0 Å². The first-order valence-corrected chi connectivity index (χ1v) is 6.26. The fourth-order valence-electron chi connectivity index (χ4n) is 1.51. The molecule has 1 heterocycles. The van der Waals surface area contributed by atoms with Crippen LogP contribution in [0, 0.1) is 15.5 Å². The highest BCUT2D eigenvalue weighted by molar-refractivity contribution is 6.35. The van der Waals surface area contributed by atoms with Gasteiger partial charge >= 0.3 is 0 Å². The topological polar surface area (TPSA) is 115 Å². The number of amidine groups is 1. The van der Waals surface area contributed by atoms with Crippen LogP contribution >= 0.6 is 23.2 Å². The zero-order chi connectivity index (χ0) is 15.6. The van der Waals surface area contributed by atoms with E-state index in [1.807, 2.05) is 0 Å². The molecule has 0 fully saturated rings. The van der Waals surface area contributed by atoms with Gasteiger partial charge in [0.05, 0.1) is 4.92 Å². The van der Waals surface area contributed by atoms with Crippen LogP contribution in [0.3, 0.4) is 0 Å². The number of pyridine rings is 1. The molecule has 1 aromatic heterocycles. The molecule has 0 spiro atoms. The van der Waals surface area contributed by atoms with Gasteiger partial charge in [0.25, 0.3) is 5.69 Å². The summed E-state index contributed by atoms with van der Waals surface area (Å²) in [6.07, 6.45) is 1.38. The molecule has 9 heteroatoms. The molecule has 0 saturated carbocycles. The number of rotatable bonds is 4. The molecule has 1 aromatic carbocycles. The van der Waals surface area contributed by atoms with Gasteiger partial charge in [-0.25, -0.2) is 4.98 Å². The first kappa shape index (κ1) is 15.0. The molecule has 0 bridgehead atoms. The number of nitrogens with one attached hydrogen (secondary N) is 1. The van der Waals surface area contributed by atoms with Crippen molar-refractivity contribution in [2.45, 2.75) is 0 Å². The Morgan fingerprint density at radius 1 is 1.38 bits per heavy atom. The molecule has 0 unspecified atom stereocenters. The molecule has 21 heavy (non-hydrogen) atoms. The van der Waals surface area contributed by atoms with Gasteiger partial charge in [0.15, 0.2) is 0 Å². The summed E-state index contributed by atoms with van der Waals surface area (Å²) in [6.45, 7) is 0. The van der Waals surface area contributed by atoms with Crippen LogP contribution in [0.15, 0.2) is 30.5 Å². The molecular weight excluding hydrogens is 319 g/mol. The van der Waals surface area contributed by atoms with E-state index in [1.165, 1.54) is 30.5 Å². The third kappa shape index (κ3) is 3.21. The van der Waals surface area contributed by atoms with Crippen molar-refractivity contribution in [2.75, 3.05) is 0 Å². The number of halogens is 2. The number of benzene rings is 1. The van der Waals surface area contributed by atoms with Gasteiger partial charge < -0.3 is 10.5 Å². The first-order valence-electron chi connectivity index (χ1n) is 5.51. The Labute approximate surface area is 128 Å². The summed E-state index contributed by atoms with van der Waals surface area (Å²) in [5.74, 6) is 0.0176. The maximum atomic E-state index is 10.7. The molecule has 108 valence electrons. The van der Waals surface area contributed by atoms with Gasteiger partial charge in [0, 0.05) is 23.9 Å². The van der Waals surface area contributed by atoms with E-state index < -0.39 is 4.92 Å². The molecular formula is C12H8Cl2N4O3. The van der Waals surface area contributed by atoms with Gasteiger partial charge in [0.2, 0.25) is 5.88 Å². The smallest absolute Gasteiger partial charge is 0.288 e. The number of ether oxygens (including phenoxy) is 1. The van der Waals surface area contributed by atoms with Crippen LogP contribution in [-0.4, -0.2) is 15.7 Å². The Morgan fingerprint density at radius 3 is 2.67 bits per heavy atom. The number of aromatic nitrogens is 1. The summed E-state index contributed by atoms with van der Waals surface area (Å²) >= 11 is 11.8. The fourth-order valence-corrected chi connectivity index (χ4v) is 2.01. The zero-order valence-electron chi connectivity index (χ0n) is 10.3. The molecule has 3 N–H and O–H groups in total. The summed E-state index contributed by atoms with van der Waals surface area (Å²) < 4.78 is 5.41. The third-order valence-electron chi connectivity index (χ3n) is 2.48. The number of hydrogen-bond donors (Lipinski definition) is 2. The lowest BCUT2D eigenvalue weighted by atomic mass is 10.2. The van der Waals surface area contributed by atoms with Crippen LogP contribution in [0.5, 0.6) is 11.6 Å². The Bertz CT molecular complexity index is 736. The van der Waals surface area contributed by atoms with Gasteiger partial charge in [0.1, 0.15) is 21.6 Å². The van der Waals surface area contributed by atoms with Gasteiger partial charge in [-0.15, -0.1) is 0 Å². The van der Waals surface area contributed by atoms with E-state index in [2.05, 4.69) is 4.98 Å². The highest BCUT2D eigenvalue weighted by Gasteiger charge is 2.15. The highest BCUT2D eigenvalue weighted by Crippen LogP contribution is 2.33. The average molecular weight is 327 g/mol. The van der Waals surface area contributed by atoms with E-state index in [0.717, 1.165) is 0 Å². The van der Waals surface area contributed by atoms with Crippen LogP contribution in [0.25, 0.3) is 0 Å². The molecule has 2 rings (SSSR count). The monoisotopic (exact) mass is 326 g/mol. The predicted molar refractivity (Wildman–Crippen MR) is 78.4 cm³/mol. The molecule has 7 nitrogen and oxygen atoms in total. The lowest BCUT2D eigenvalue weighted by molar-refractivity contribution is -0.384. The van der Waals surface area contributed by atoms with Gasteiger partial charge in [-0.1, -0.05) is 23.2 Å². The minimum Gasteiger partial charge on any atom is -0.437 e. The Hall–Kier alpha value is -2.38. The molecule has 0 aliphatic heterocycles. The van der Waals surface area contributed by atoms with Crippen molar-refractivity contribution in [2.24, 2.45) is 5.73 Å². The van der Waals surface area contributed by atoms with Crippen LogP contribution in [0.2, 0.25) is 10.0 Å². The highest BCUT2D eigenvalue weighted by atomic mass is 35.5. The SMILES string of the molecule is N=C(N)c1ccnc(Oc2ccc([N+](=O)[O-])c(Cl)c2)c1Cl. The average Bonchev–Trinajstić information content (AvgIpc) is 2.40. The number of hydrogen-bond acceptors (Lipinski definition) is 5. The number of nitrogens with zero attached hydrogens (tertiary/aromatic N) is 2. The molecule has 0 aliphatic rings. The number of nitro groups is 1. The molecule has 2 aromatic rings. The molecule has 0 radical (unpaired) electrons. The third-order valence-corrected chi connectivity index (χ3v) is 3.15. The van der Waals surface area contributed by atoms with Crippen molar-refractivity contribution in [1.29, 1.82) is 5.41 Å². The van der Waals surface area contributed by atoms with E-state index in [-0.39, 0.29) is 38.8 Å². The van der Waals surface area contributed by atoms with E-state index in [4.69, 9.17) is 39.1 Å². The summed E-state index contributed by atoms with van der Waals surface area (Å²) in [7, 11) is 0. The van der Waals surface area contributed by atoms with Crippen molar-refractivity contribution in [3.63, 3.8) is 0 Å². The molecule has 0 amide bonds. The second-order valence-corrected chi connectivity index (χ2v) is 4.65. The maximum Gasteiger partial charge on any atom is 0.288 e. The van der Waals surface area contributed by atoms with Crippen molar-refractivity contribution in [1.82, 2.24) is 4.98 Å². The van der Waals surface area contributed by atoms with Crippen molar-refractivity contribution in [3.05, 3.63) is 56.2 Å². The van der Waals surface area contributed by atoms with E-state index in [9.17, 15) is 10.1 Å². The molecule has 0 aliphatic carbocycles. The summed E-state index contributed by atoms with van der Waals surface area (Å²) in [5, 5.41) is 18.0. The van der Waals surface area contributed by atoms with Gasteiger partial charge in [-0.2, -0.15) is 0 Å². The first-order chi connectivity index (χ1) is 9.90. The maximum absolute atomic E-state index is 10.7. The molecule has 0 atom stereocenters. The largest absolute Gasteiger partial charge is 0.437 e. The quantitative estimate of drug-likeness (QED) is 0.386. The minimum absolute atomic E-state index is 0.0225. The van der Waals surface area contributed by atoms with Crippen molar-refractivity contribution >= 4 is 34.7 Å². The Balaban J connectivity index is 2.35. The van der Waals surface area contributed by atoms with Crippen molar-refractivity contribution in [3.8, 4) is 11.6 Å². The van der Waals surface area contributed by atoms with E-state index in [0.29, 0.717) is 0 Å². The molecule has 0 saturated heterocycles. The van der Waals surface area contributed by atoms with Crippen LogP contribution in [0.1, 0.15) is 5.56 Å². The van der Waals surface area contributed by atoms with Gasteiger partial charge in [-0.05, 0) is 12.1 Å². The van der Waals surface area contributed by atoms with Gasteiger partial charge in [-0.3, -0.25) is 15.5 Å². The Kier molecular flexibility index (Phi) is 4.25. The summed E-state index contributed by atoms with van der Waals surface area (Å²) in [4.78, 5) is 14.0. The normalized spacial score (nSPS) is 10.2. The number of nitrogen functional groups attached to an aromatic ring is 1. The van der Waals surface area contributed by atoms with E-state index in [1.54, 1.807) is 0 Å². The Morgan fingerprint density at radius 2 is 2.10 bits per heavy atom. The zero-order valence-corrected chi connectivity index (χ0v) is 11.9. The second kappa shape index (κ2) is 5.94. The van der Waals surface area contributed by atoms with Crippen LogP contribution in [-0.2, 0) is 0 Å². The number of nitro benzene ring substituents is 1. The standard InChI is InChI=1S/C12H8Cl2N4O3/c13-8-5-6(1-2-9(8)18(19)20)21-12-10(14)7(11(15)16)3-4-17-12/h1-5H,(H3,15,16). The predicted octanol–water partition coefficient (Wildman–Crippen LogP) is 3.37. The lowest BCUT2D eigenvalue weighted by Gasteiger charge is -2.09. The number of nitrogens with two attached hydrogens (primary N) is 1.